The Kier molecular flexibility index (Phi) is 4.51. The molecule has 3 heterocycles. The molecule has 3 aromatic rings. The van der Waals surface area contributed by atoms with Gasteiger partial charge in [-0.25, -0.2) is 15.0 Å². The molecule has 1 aliphatic carbocycles. The quantitative estimate of drug-likeness (QED) is 0.763. The highest BCUT2D eigenvalue weighted by molar-refractivity contribution is 5.91. The predicted molar refractivity (Wildman–Crippen MR) is 94.6 cm³/mol. The molecule has 0 unspecified atom stereocenters. The number of rotatable bonds is 5. The second-order valence-corrected chi connectivity index (χ2v) is 6.54. The van der Waals surface area contributed by atoms with Crippen LogP contribution >= 0.6 is 0 Å². The van der Waals surface area contributed by atoms with Crippen molar-refractivity contribution in [3.63, 3.8) is 0 Å². The van der Waals surface area contributed by atoms with Crippen LogP contribution in [0.1, 0.15) is 51.9 Å². The van der Waals surface area contributed by atoms with Gasteiger partial charge in [0.15, 0.2) is 5.76 Å². The van der Waals surface area contributed by atoms with Crippen LogP contribution in [0.15, 0.2) is 35.3 Å². The Bertz CT molecular complexity index is 914. The number of fused-ring (bicyclic) bond motifs is 1. The van der Waals surface area contributed by atoms with E-state index in [1.165, 1.54) is 18.4 Å². The van der Waals surface area contributed by atoms with Gasteiger partial charge < -0.3 is 14.3 Å². The van der Waals surface area contributed by atoms with Gasteiger partial charge in [-0.2, -0.15) is 0 Å². The van der Waals surface area contributed by atoms with Crippen molar-refractivity contribution in [3.8, 4) is 0 Å². The van der Waals surface area contributed by atoms with E-state index in [0.29, 0.717) is 24.7 Å². The van der Waals surface area contributed by atoms with Crippen LogP contribution < -0.4 is 5.32 Å². The van der Waals surface area contributed by atoms with E-state index in [-0.39, 0.29) is 11.7 Å². The van der Waals surface area contributed by atoms with E-state index in [9.17, 15) is 4.79 Å². The van der Waals surface area contributed by atoms with E-state index >= 15 is 0 Å². The van der Waals surface area contributed by atoms with Crippen molar-refractivity contribution in [2.24, 2.45) is 0 Å². The minimum Gasteiger partial charge on any atom is -0.454 e. The Morgan fingerprint density at radius 3 is 3.00 bits per heavy atom. The van der Waals surface area contributed by atoms with Crippen molar-refractivity contribution in [1.29, 1.82) is 0 Å². The lowest BCUT2D eigenvalue weighted by Crippen LogP contribution is -2.24. The van der Waals surface area contributed by atoms with Crippen LogP contribution in [0, 0.1) is 6.92 Å². The molecule has 0 atom stereocenters. The second-order valence-electron chi connectivity index (χ2n) is 6.54. The van der Waals surface area contributed by atoms with Gasteiger partial charge in [0.25, 0.3) is 5.91 Å². The summed E-state index contributed by atoms with van der Waals surface area (Å²) in [7, 11) is 0. The Balaban J connectivity index is 1.40. The normalized spacial score (nSPS) is 13.4. The van der Waals surface area contributed by atoms with Crippen molar-refractivity contribution in [2.75, 3.05) is 0 Å². The third-order valence-corrected chi connectivity index (χ3v) is 4.63. The number of carbonyl (C=O) groups excluding carboxylic acids is 1. The standard InChI is InChI=1S/C19H21N5O2/c1-13-15-4-2-3-5-16(15)23-18(22-13)10-21-19(25)17-7-6-14(26-17)11-24-9-8-20-12-24/h6-9,12H,2-5,10-11H2,1H3,(H,21,25). The van der Waals surface area contributed by atoms with E-state index in [0.717, 1.165) is 24.2 Å². The average Bonchev–Trinajstić information content (AvgIpc) is 3.32. The first kappa shape index (κ1) is 16.5. The Morgan fingerprint density at radius 1 is 1.27 bits per heavy atom. The summed E-state index contributed by atoms with van der Waals surface area (Å²) in [5.41, 5.74) is 3.44. The van der Waals surface area contributed by atoms with Gasteiger partial charge >= 0.3 is 0 Å². The smallest absolute Gasteiger partial charge is 0.287 e. The zero-order chi connectivity index (χ0) is 17.9. The number of nitrogens with one attached hydrogen (secondary N) is 1. The number of imidazole rings is 1. The Labute approximate surface area is 151 Å². The van der Waals surface area contributed by atoms with Gasteiger partial charge in [-0.05, 0) is 50.3 Å². The SMILES string of the molecule is Cc1nc(CNC(=O)c2ccc(Cn3ccnc3)o2)nc2c1CCCC2. The molecule has 26 heavy (non-hydrogen) atoms. The van der Waals surface area contributed by atoms with Crippen LogP contribution in [0.5, 0.6) is 0 Å². The van der Waals surface area contributed by atoms with Gasteiger partial charge in [-0.15, -0.1) is 0 Å². The number of aryl methyl sites for hydroxylation is 2. The largest absolute Gasteiger partial charge is 0.454 e. The predicted octanol–water partition coefficient (Wildman–Crippen LogP) is 2.43. The molecule has 3 aromatic heterocycles. The fourth-order valence-electron chi connectivity index (χ4n) is 3.31. The third kappa shape index (κ3) is 3.51. The van der Waals surface area contributed by atoms with Crippen LogP contribution in [0.25, 0.3) is 0 Å². The molecule has 0 radical (unpaired) electrons. The third-order valence-electron chi connectivity index (χ3n) is 4.63. The summed E-state index contributed by atoms with van der Waals surface area (Å²) >= 11 is 0. The molecule has 0 saturated carbocycles. The molecule has 134 valence electrons. The molecule has 0 spiro atoms. The van der Waals surface area contributed by atoms with E-state index in [4.69, 9.17) is 4.42 Å². The second kappa shape index (κ2) is 7.11. The first-order valence-electron chi connectivity index (χ1n) is 8.87. The average molecular weight is 351 g/mol. The molecule has 0 aliphatic heterocycles. The number of hydrogen-bond donors (Lipinski definition) is 1. The summed E-state index contributed by atoms with van der Waals surface area (Å²) in [6.07, 6.45) is 9.68. The fourth-order valence-corrected chi connectivity index (χ4v) is 3.31. The van der Waals surface area contributed by atoms with Crippen LogP contribution in [0.2, 0.25) is 0 Å². The number of carbonyl (C=O) groups is 1. The summed E-state index contributed by atoms with van der Waals surface area (Å²) in [4.78, 5) is 25.5. The maximum Gasteiger partial charge on any atom is 0.287 e. The number of aromatic nitrogens is 4. The maximum atomic E-state index is 12.3. The maximum absolute atomic E-state index is 12.3. The van der Waals surface area contributed by atoms with Crippen molar-refractivity contribution in [2.45, 2.75) is 45.7 Å². The van der Waals surface area contributed by atoms with Crippen LogP contribution in [0.3, 0.4) is 0 Å². The molecule has 0 saturated heterocycles. The van der Waals surface area contributed by atoms with Crippen molar-refractivity contribution in [1.82, 2.24) is 24.8 Å². The van der Waals surface area contributed by atoms with Crippen LogP contribution in [0.4, 0.5) is 0 Å². The summed E-state index contributed by atoms with van der Waals surface area (Å²) in [5, 5.41) is 2.84. The monoisotopic (exact) mass is 351 g/mol. The van der Waals surface area contributed by atoms with Gasteiger partial charge in [0, 0.05) is 23.8 Å². The van der Waals surface area contributed by atoms with Gasteiger partial charge in [0.1, 0.15) is 11.6 Å². The topological polar surface area (TPSA) is 85.8 Å². The van der Waals surface area contributed by atoms with E-state index in [1.807, 2.05) is 17.7 Å². The van der Waals surface area contributed by atoms with Crippen molar-refractivity contribution in [3.05, 3.63) is 65.1 Å². The molecule has 7 nitrogen and oxygen atoms in total. The van der Waals surface area contributed by atoms with Crippen LogP contribution in [-0.2, 0) is 25.9 Å². The van der Waals surface area contributed by atoms with E-state index < -0.39 is 0 Å². The summed E-state index contributed by atoms with van der Waals surface area (Å²) in [6, 6.07) is 3.48. The highest BCUT2D eigenvalue weighted by atomic mass is 16.4. The first-order valence-corrected chi connectivity index (χ1v) is 8.87. The molecule has 0 bridgehead atoms. The minimum absolute atomic E-state index is 0.263. The molecule has 1 N–H and O–H groups in total. The highest BCUT2D eigenvalue weighted by Crippen LogP contribution is 2.21. The van der Waals surface area contributed by atoms with E-state index in [2.05, 4.69) is 20.3 Å². The van der Waals surface area contributed by atoms with Crippen molar-refractivity contribution < 1.29 is 9.21 Å². The number of furan rings is 1. The molecule has 0 fully saturated rings. The summed E-state index contributed by atoms with van der Waals surface area (Å²) in [6.45, 7) is 2.86. The summed E-state index contributed by atoms with van der Waals surface area (Å²) in [5.74, 6) is 1.38. The lowest BCUT2D eigenvalue weighted by atomic mass is 9.95. The molecular formula is C19H21N5O2. The Morgan fingerprint density at radius 2 is 2.15 bits per heavy atom. The number of hydrogen-bond acceptors (Lipinski definition) is 5. The van der Waals surface area contributed by atoms with Crippen LogP contribution in [-0.4, -0.2) is 25.4 Å². The highest BCUT2D eigenvalue weighted by Gasteiger charge is 2.16. The molecule has 1 amide bonds. The molecular weight excluding hydrogens is 330 g/mol. The van der Waals surface area contributed by atoms with Gasteiger partial charge in [-0.1, -0.05) is 0 Å². The number of amides is 1. The summed E-state index contributed by atoms with van der Waals surface area (Å²) < 4.78 is 7.50. The molecule has 4 rings (SSSR count). The van der Waals surface area contributed by atoms with Gasteiger partial charge in [-0.3, -0.25) is 4.79 Å². The van der Waals surface area contributed by atoms with E-state index in [1.54, 1.807) is 24.7 Å². The van der Waals surface area contributed by atoms with Gasteiger partial charge in [0.05, 0.1) is 19.4 Å². The van der Waals surface area contributed by atoms with Crippen molar-refractivity contribution >= 4 is 5.91 Å². The molecule has 1 aliphatic rings. The lowest BCUT2D eigenvalue weighted by Gasteiger charge is -2.17. The zero-order valence-corrected chi connectivity index (χ0v) is 14.7. The first-order chi connectivity index (χ1) is 12.7. The van der Waals surface area contributed by atoms with Gasteiger partial charge in [0.2, 0.25) is 0 Å². The Hall–Kier alpha value is -2.96. The zero-order valence-electron chi connectivity index (χ0n) is 14.7. The fraction of sp³-hybridized carbons (Fsp3) is 0.368. The lowest BCUT2D eigenvalue weighted by molar-refractivity contribution is 0.0920. The molecule has 7 heteroatoms. The minimum atomic E-state index is -0.263. The number of nitrogens with zero attached hydrogens (tertiary/aromatic N) is 4. The molecule has 0 aromatic carbocycles.